The van der Waals surface area contributed by atoms with Gasteiger partial charge in [-0.15, -0.1) is 0 Å². The minimum absolute atomic E-state index is 0.105. The predicted octanol–water partition coefficient (Wildman–Crippen LogP) is 3.29. The van der Waals surface area contributed by atoms with Gasteiger partial charge in [-0.2, -0.15) is 0 Å². The van der Waals surface area contributed by atoms with Crippen molar-refractivity contribution in [2.75, 3.05) is 27.4 Å². The molecule has 0 unspecified atom stereocenters. The van der Waals surface area contributed by atoms with Crippen LogP contribution in [0.5, 0.6) is 11.5 Å². The summed E-state index contributed by atoms with van der Waals surface area (Å²) in [5.41, 5.74) is 0.791. The summed E-state index contributed by atoms with van der Waals surface area (Å²) in [6, 6.07) is 8.95. The zero-order valence-corrected chi connectivity index (χ0v) is 16.3. The zero-order valence-electron chi connectivity index (χ0n) is 16.3. The molecule has 7 heteroatoms. The Morgan fingerprint density at radius 3 is 2.64 bits per heavy atom. The first kappa shape index (κ1) is 21.1. The third-order valence-electron chi connectivity index (χ3n) is 3.96. The number of ether oxygens (including phenoxy) is 3. The molecule has 0 bridgehead atoms. The molecule has 0 atom stereocenters. The first-order valence-electron chi connectivity index (χ1n) is 8.94. The molecule has 0 spiro atoms. The monoisotopic (exact) mass is 387 g/mol. The van der Waals surface area contributed by atoms with Gasteiger partial charge in [0.25, 0.3) is 0 Å². The fourth-order valence-electron chi connectivity index (χ4n) is 2.52. The number of rotatable bonds is 10. The SMILES string of the molecule is CCOc1ccc(/C=C/C(=O)N(CCC(=O)OC)Cc2ccco2)cc1OC. The summed E-state index contributed by atoms with van der Waals surface area (Å²) in [5.74, 6) is 1.25. The van der Waals surface area contributed by atoms with Crippen molar-refractivity contribution in [2.24, 2.45) is 0 Å². The van der Waals surface area contributed by atoms with E-state index in [4.69, 9.17) is 13.9 Å². The second-order valence-electron chi connectivity index (χ2n) is 5.84. The first-order chi connectivity index (χ1) is 13.6. The summed E-state index contributed by atoms with van der Waals surface area (Å²) in [6.45, 7) is 2.92. The van der Waals surface area contributed by atoms with Gasteiger partial charge in [-0.05, 0) is 42.8 Å². The van der Waals surface area contributed by atoms with Crippen molar-refractivity contribution in [1.29, 1.82) is 0 Å². The summed E-state index contributed by atoms with van der Waals surface area (Å²) >= 11 is 0. The summed E-state index contributed by atoms with van der Waals surface area (Å²) < 4.78 is 20.8. The van der Waals surface area contributed by atoms with E-state index in [-0.39, 0.29) is 31.4 Å². The fraction of sp³-hybridized carbons (Fsp3) is 0.333. The van der Waals surface area contributed by atoms with Crippen LogP contribution < -0.4 is 9.47 Å². The Bertz CT molecular complexity index is 797. The van der Waals surface area contributed by atoms with E-state index in [1.165, 1.54) is 18.1 Å². The molecule has 1 aromatic heterocycles. The van der Waals surface area contributed by atoms with Crippen molar-refractivity contribution in [3.8, 4) is 11.5 Å². The average molecular weight is 387 g/mol. The van der Waals surface area contributed by atoms with Gasteiger partial charge in [-0.1, -0.05) is 6.07 Å². The second kappa shape index (κ2) is 10.8. The van der Waals surface area contributed by atoms with Gasteiger partial charge in [0.15, 0.2) is 11.5 Å². The minimum atomic E-state index is -0.377. The van der Waals surface area contributed by atoms with Gasteiger partial charge < -0.3 is 23.5 Å². The summed E-state index contributed by atoms with van der Waals surface area (Å²) in [7, 11) is 2.88. The lowest BCUT2D eigenvalue weighted by atomic mass is 10.2. The second-order valence-corrected chi connectivity index (χ2v) is 5.84. The molecular weight excluding hydrogens is 362 g/mol. The van der Waals surface area contributed by atoms with Gasteiger partial charge in [0.05, 0.1) is 40.1 Å². The average Bonchev–Trinajstić information content (AvgIpc) is 3.23. The highest BCUT2D eigenvalue weighted by atomic mass is 16.5. The van der Waals surface area contributed by atoms with E-state index in [2.05, 4.69) is 4.74 Å². The lowest BCUT2D eigenvalue weighted by Gasteiger charge is -2.19. The molecule has 1 heterocycles. The third-order valence-corrected chi connectivity index (χ3v) is 3.96. The van der Waals surface area contributed by atoms with Gasteiger partial charge in [-0.25, -0.2) is 0 Å². The van der Waals surface area contributed by atoms with Crippen LogP contribution >= 0.6 is 0 Å². The molecule has 0 aliphatic rings. The number of hydrogen-bond acceptors (Lipinski definition) is 6. The van der Waals surface area contributed by atoms with E-state index >= 15 is 0 Å². The molecule has 1 amide bonds. The number of carbonyl (C=O) groups is 2. The van der Waals surface area contributed by atoms with Crippen LogP contribution in [0.4, 0.5) is 0 Å². The Morgan fingerprint density at radius 1 is 1.18 bits per heavy atom. The molecule has 28 heavy (non-hydrogen) atoms. The third kappa shape index (κ3) is 6.19. The molecule has 150 valence electrons. The Balaban J connectivity index is 2.11. The normalized spacial score (nSPS) is 10.7. The van der Waals surface area contributed by atoms with E-state index in [0.29, 0.717) is 23.9 Å². The number of benzene rings is 1. The molecule has 7 nitrogen and oxygen atoms in total. The lowest BCUT2D eigenvalue weighted by molar-refractivity contribution is -0.141. The summed E-state index contributed by atoms with van der Waals surface area (Å²) in [4.78, 5) is 25.6. The van der Waals surface area contributed by atoms with Crippen molar-refractivity contribution in [3.63, 3.8) is 0 Å². The number of hydrogen-bond donors (Lipinski definition) is 0. The fourth-order valence-corrected chi connectivity index (χ4v) is 2.52. The molecule has 0 fully saturated rings. The van der Waals surface area contributed by atoms with Crippen molar-refractivity contribution >= 4 is 18.0 Å². The highest BCUT2D eigenvalue weighted by Gasteiger charge is 2.15. The number of esters is 1. The maximum Gasteiger partial charge on any atom is 0.307 e. The van der Waals surface area contributed by atoms with E-state index in [1.807, 2.05) is 13.0 Å². The largest absolute Gasteiger partial charge is 0.493 e. The number of furan rings is 1. The van der Waals surface area contributed by atoms with Crippen molar-refractivity contribution in [3.05, 3.63) is 54.0 Å². The van der Waals surface area contributed by atoms with Gasteiger partial charge in [0.2, 0.25) is 5.91 Å². The van der Waals surface area contributed by atoms with Crippen LogP contribution in [0.15, 0.2) is 47.1 Å². The number of methoxy groups -OCH3 is 2. The molecule has 0 saturated carbocycles. The number of nitrogens with zero attached hydrogens (tertiary/aromatic N) is 1. The molecule has 0 radical (unpaired) electrons. The van der Waals surface area contributed by atoms with Crippen LogP contribution in [0, 0.1) is 0 Å². The number of amides is 1. The molecule has 0 aliphatic carbocycles. The summed E-state index contributed by atoms with van der Waals surface area (Å²) in [5, 5.41) is 0. The molecule has 0 saturated heterocycles. The Morgan fingerprint density at radius 2 is 2.00 bits per heavy atom. The Hall–Kier alpha value is -3.22. The van der Waals surface area contributed by atoms with E-state index in [1.54, 1.807) is 43.7 Å². The maximum absolute atomic E-state index is 12.7. The van der Waals surface area contributed by atoms with Gasteiger partial charge in [0, 0.05) is 12.6 Å². The quantitative estimate of drug-likeness (QED) is 0.460. The van der Waals surface area contributed by atoms with Crippen LogP contribution in [0.3, 0.4) is 0 Å². The lowest BCUT2D eigenvalue weighted by Crippen LogP contribution is -2.31. The van der Waals surface area contributed by atoms with Gasteiger partial charge >= 0.3 is 5.97 Å². The van der Waals surface area contributed by atoms with E-state index < -0.39 is 0 Å². The topological polar surface area (TPSA) is 78.2 Å². The first-order valence-corrected chi connectivity index (χ1v) is 8.94. The molecule has 2 aromatic rings. The maximum atomic E-state index is 12.7. The highest BCUT2D eigenvalue weighted by molar-refractivity contribution is 5.92. The molecule has 0 N–H and O–H groups in total. The molecule has 2 rings (SSSR count). The van der Waals surface area contributed by atoms with E-state index in [0.717, 1.165) is 5.56 Å². The predicted molar refractivity (Wildman–Crippen MR) is 104 cm³/mol. The van der Waals surface area contributed by atoms with E-state index in [9.17, 15) is 9.59 Å². The minimum Gasteiger partial charge on any atom is -0.493 e. The highest BCUT2D eigenvalue weighted by Crippen LogP contribution is 2.28. The summed E-state index contributed by atoms with van der Waals surface area (Å²) in [6.07, 6.45) is 4.79. The molecular formula is C21H25NO6. The van der Waals surface area contributed by atoms with Crippen LogP contribution in [0.1, 0.15) is 24.7 Å². The number of carbonyl (C=O) groups excluding carboxylic acids is 2. The van der Waals surface area contributed by atoms with Crippen LogP contribution in [0.25, 0.3) is 6.08 Å². The van der Waals surface area contributed by atoms with Crippen molar-refractivity contribution in [1.82, 2.24) is 4.90 Å². The smallest absolute Gasteiger partial charge is 0.307 e. The van der Waals surface area contributed by atoms with Crippen molar-refractivity contribution < 1.29 is 28.2 Å². The standard InChI is InChI=1S/C21H25NO6/c1-4-27-18-9-7-16(14-19(18)25-2)8-10-20(23)22(12-11-21(24)26-3)15-17-6-5-13-28-17/h5-10,13-14H,4,11-12,15H2,1-3H3/b10-8+. The van der Waals surface area contributed by atoms with Gasteiger partial charge in [0.1, 0.15) is 5.76 Å². The van der Waals surface area contributed by atoms with Crippen LogP contribution in [0.2, 0.25) is 0 Å². The van der Waals surface area contributed by atoms with Crippen LogP contribution in [-0.2, 0) is 20.9 Å². The van der Waals surface area contributed by atoms with Gasteiger partial charge in [-0.3, -0.25) is 9.59 Å². The molecule has 0 aliphatic heterocycles. The van der Waals surface area contributed by atoms with Crippen molar-refractivity contribution in [2.45, 2.75) is 19.9 Å². The Kier molecular flexibility index (Phi) is 8.14. The zero-order chi connectivity index (χ0) is 20.4. The molecule has 1 aromatic carbocycles. The Labute approximate surface area is 164 Å². The van der Waals surface area contributed by atoms with Crippen LogP contribution in [-0.4, -0.2) is 44.1 Å².